The molecule has 0 unspecified atom stereocenters. The molecule has 0 bridgehead atoms. The van der Waals surface area contributed by atoms with Crippen LogP contribution in [0.5, 0.6) is 0 Å². The van der Waals surface area contributed by atoms with Gasteiger partial charge in [0, 0.05) is 24.7 Å². The van der Waals surface area contributed by atoms with Gasteiger partial charge in [-0.15, -0.1) is 10.2 Å². The molecule has 1 aliphatic rings. The van der Waals surface area contributed by atoms with Gasteiger partial charge in [-0.05, 0) is 61.2 Å². The fourth-order valence-electron chi connectivity index (χ4n) is 3.69. The molecule has 0 atom stereocenters. The maximum absolute atomic E-state index is 12.6. The third-order valence-electron chi connectivity index (χ3n) is 5.04. The molecule has 0 fully saturated rings. The maximum Gasteiger partial charge on any atom is 0.255 e. The van der Waals surface area contributed by atoms with Crippen LogP contribution in [0, 0.1) is 6.92 Å². The number of nitrogens with one attached hydrogen (secondary N) is 1. The number of hydrogen-bond donors (Lipinski definition) is 1. The van der Waals surface area contributed by atoms with Gasteiger partial charge in [-0.3, -0.25) is 9.69 Å². The second kappa shape index (κ2) is 7.94. The molecular weight excluding hydrogens is 352 g/mol. The molecule has 28 heavy (non-hydrogen) atoms. The number of carbonyl (C=O) groups excluding carboxylic acids is 1. The fourth-order valence-corrected chi connectivity index (χ4v) is 3.69. The van der Waals surface area contributed by atoms with E-state index in [0.29, 0.717) is 23.9 Å². The number of hydrogen-bond acceptors (Lipinski definition) is 5. The van der Waals surface area contributed by atoms with Crippen LogP contribution in [-0.2, 0) is 25.9 Å². The molecule has 0 saturated heterocycles. The van der Waals surface area contributed by atoms with Gasteiger partial charge in [0.1, 0.15) is 0 Å². The highest BCUT2D eigenvalue weighted by atomic mass is 16.4. The summed E-state index contributed by atoms with van der Waals surface area (Å²) in [6.45, 7) is 3.10. The van der Waals surface area contributed by atoms with Crippen molar-refractivity contribution in [2.75, 3.05) is 12.4 Å². The van der Waals surface area contributed by atoms with Gasteiger partial charge in [0.25, 0.3) is 5.91 Å². The van der Waals surface area contributed by atoms with Crippen LogP contribution in [-0.4, -0.2) is 28.1 Å². The van der Waals surface area contributed by atoms with Crippen molar-refractivity contribution in [1.29, 1.82) is 0 Å². The van der Waals surface area contributed by atoms with Gasteiger partial charge >= 0.3 is 0 Å². The Morgan fingerprint density at radius 2 is 1.93 bits per heavy atom. The highest BCUT2D eigenvalue weighted by molar-refractivity contribution is 6.04. The molecule has 1 amide bonds. The van der Waals surface area contributed by atoms with Crippen LogP contribution in [0.2, 0.25) is 0 Å². The molecule has 0 spiro atoms. The first kappa shape index (κ1) is 18.4. The van der Waals surface area contributed by atoms with E-state index in [0.717, 1.165) is 37.1 Å². The van der Waals surface area contributed by atoms with Gasteiger partial charge in [0.05, 0.1) is 6.54 Å². The molecule has 144 valence electrons. The summed E-state index contributed by atoms with van der Waals surface area (Å²) in [5.41, 5.74) is 5.36. The summed E-state index contributed by atoms with van der Waals surface area (Å²) in [5, 5.41) is 10.9. The second-order valence-corrected chi connectivity index (χ2v) is 7.33. The third kappa shape index (κ3) is 4.12. The number of anilines is 1. The molecule has 0 saturated carbocycles. The Morgan fingerprint density at radius 3 is 2.68 bits per heavy atom. The maximum atomic E-state index is 12.6. The number of carbonyl (C=O) groups is 1. The Labute approximate surface area is 164 Å². The lowest BCUT2D eigenvalue weighted by Crippen LogP contribution is -2.18. The van der Waals surface area contributed by atoms with Crippen LogP contribution in [0.3, 0.4) is 0 Å². The normalized spacial score (nSPS) is 13.0. The Kier molecular flexibility index (Phi) is 5.21. The molecule has 0 radical (unpaired) electrons. The number of benzene rings is 2. The summed E-state index contributed by atoms with van der Waals surface area (Å²) < 4.78 is 5.41. The van der Waals surface area contributed by atoms with E-state index in [-0.39, 0.29) is 5.91 Å². The van der Waals surface area contributed by atoms with E-state index in [1.54, 1.807) is 6.92 Å². The molecule has 2 aromatic carbocycles. The molecule has 6 heteroatoms. The van der Waals surface area contributed by atoms with Crippen molar-refractivity contribution < 1.29 is 9.21 Å². The molecule has 6 nitrogen and oxygen atoms in total. The van der Waals surface area contributed by atoms with E-state index in [1.165, 1.54) is 11.1 Å². The lowest BCUT2D eigenvalue weighted by molar-refractivity contribution is 0.102. The number of amides is 1. The van der Waals surface area contributed by atoms with E-state index in [9.17, 15) is 4.79 Å². The molecule has 1 heterocycles. The topological polar surface area (TPSA) is 71.3 Å². The minimum atomic E-state index is -0.0680. The van der Waals surface area contributed by atoms with E-state index in [2.05, 4.69) is 26.5 Å². The van der Waals surface area contributed by atoms with Crippen molar-refractivity contribution in [1.82, 2.24) is 15.1 Å². The van der Waals surface area contributed by atoms with Crippen molar-refractivity contribution in [3.8, 4) is 0 Å². The number of aryl methyl sites for hydroxylation is 2. The van der Waals surface area contributed by atoms with Crippen LogP contribution in [0.15, 0.2) is 46.9 Å². The highest BCUT2D eigenvalue weighted by Gasteiger charge is 2.16. The largest absolute Gasteiger partial charge is 0.424 e. The third-order valence-corrected chi connectivity index (χ3v) is 5.04. The van der Waals surface area contributed by atoms with Crippen molar-refractivity contribution in [3.63, 3.8) is 0 Å². The molecule has 0 aliphatic heterocycles. The van der Waals surface area contributed by atoms with Crippen LogP contribution < -0.4 is 5.32 Å². The molecular formula is C22H24N4O2. The van der Waals surface area contributed by atoms with Crippen LogP contribution >= 0.6 is 0 Å². The van der Waals surface area contributed by atoms with Gasteiger partial charge in [-0.25, -0.2) is 0 Å². The molecule has 1 N–H and O–H groups in total. The molecule has 4 rings (SSSR count). The average molecular weight is 376 g/mol. The lowest BCUT2D eigenvalue weighted by Gasteiger charge is -2.15. The monoisotopic (exact) mass is 376 g/mol. The minimum absolute atomic E-state index is 0.0680. The Bertz CT molecular complexity index is 978. The summed E-state index contributed by atoms with van der Waals surface area (Å²) >= 11 is 0. The number of aromatic nitrogens is 2. The smallest absolute Gasteiger partial charge is 0.255 e. The van der Waals surface area contributed by atoms with Crippen LogP contribution in [0.4, 0.5) is 5.69 Å². The fraction of sp³-hybridized carbons (Fsp3) is 0.318. The van der Waals surface area contributed by atoms with E-state index < -0.39 is 0 Å². The summed E-state index contributed by atoms with van der Waals surface area (Å²) in [7, 11) is 2.00. The zero-order valence-corrected chi connectivity index (χ0v) is 16.2. The minimum Gasteiger partial charge on any atom is -0.424 e. The van der Waals surface area contributed by atoms with Crippen molar-refractivity contribution >= 4 is 11.6 Å². The first-order chi connectivity index (χ1) is 13.6. The lowest BCUT2D eigenvalue weighted by atomic mass is 10.1. The molecule has 1 aliphatic carbocycles. The van der Waals surface area contributed by atoms with Gasteiger partial charge in [0.15, 0.2) is 0 Å². The first-order valence-corrected chi connectivity index (χ1v) is 9.57. The summed E-state index contributed by atoms with van der Waals surface area (Å²) in [6.07, 6.45) is 3.30. The molecule has 3 aromatic rings. The van der Waals surface area contributed by atoms with E-state index in [4.69, 9.17) is 4.42 Å². The second-order valence-electron chi connectivity index (χ2n) is 7.33. The average Bonchev–Trinajstić information content (AvgIpc) is 3.31. The van der Waals surface area contributed by atoms with E-state index >= 15 is 0 Å². The predicted octanol–water partition coefficient (Wildman–Crippen LogP) is 3.75. The summed E-state index contributed by atoms with van der Waals surface area (Å²) in [4.78, 5) is 14.7. The highest BCUT2D eigenvalue weighted by Crippen LogP contribution is 2.29. The zero-order chi connectivity index (χ0) is 19.5. The van der Waals surface area contributed by atoms with Gasteiger partial charge in [0.2, 0.25) is 11.8 Å². The zero-order valence-electron chi connectivity index (χ0n) is 16.2. The number of fused-ring (bicyclic) bond motifs is 1. The standard InChI is InChI=1S/C22H24N4O2/c1-15-24-25-21(28-15)14-26(2)13-16-9-11-18(12-10-16)22(27)23-20-8-4-6-17-5-3-7-19(17)20/h4,6,8-12H,3,5,7,13-14H2,1-2H3,(H,23,27). The summed E-state index contributed by atoms with van der Waals surface area (Å²) in [6, 6.07) is 13.9. The van der Waals surface area contributed by atoms with Crippen molar-refractivity contribution in [3.05, 3.63) is 76.5 Å². The summed E-state index contributed by atoms with van der Waals surface area (Å²) in [5.74, 6) is 1.11. The van der Waals surface area contributed by atoms with Gasteiger partial charge in [-0.1, -0.05) is 24.3 Å². The Morgan fingerprint density at radius 1 is 1.11 bits per heavy atom. The van der Waals surface area contributed by atoms with Crippen LogP contribution in [0.1, 0.15) is 45.3 Å². The predicted molar refractivity (Wildman–Crippen MR) is 107 cm³/mol. The van der Waals surface area contributed by atoms with Gasteiger partial charge in [-0.2, -0.15) is 0 Å². The van der Waals surface area contributed by atoms with Gasteiger partial charge < -0.3 is 9.73 Å². The SMILES string of the molecule is Cc1nnc(CN(C)Cc2ccc(C(=O)Nc3cccc4c3CCC4)cc2)o1. The van der Waals surface area contributed by atoms with Crippen molar-refractivity contribution in [2.24, 2.45) is 0 Å². The first-order valence-electron chi connectivity index (χ1n) is 9.57. The quantitative estimate of drug-likeness (QED) is 0.709. The van der Waals surface area contributed by atoms with Crippen LogP contribution in [0.25, 0.3) is 0 Å². The Hall–Kier alpha value is -2.99. The number of rotatable bonds is 6. The van der Waals surface area contributed by atoms with E-state index in [1.807, 2.05) is 43.4 Å². The Balaban J connectivity index is 1.37. The molecule has 1 aromatic heterocycles. The van der Waals surface area contributed by atoms with Crippen molar-refractivity contribution in [2.45, 2.75) is 39.3 Å². The number of nitrogens with zero attached hydrogens (tertiary/aromatic N) is 3.